The van der Waals surface area contributed by atoms with Crippen molar-refractivity contribution in [1.29, 1.82) is 10.5 Å². The fourth-order valence-corrected chi connectivity index (χ4v) is 4.42. The van der Waals surface area contributed by atoms with E-state index in [0.29, 0.717) is 28.7 Å². The van der Waals surface area contributed by atoms with Crippen LogP contribution < -0.4 is 11.1 Å². The van der Waals surface area contributed by atoms with Crippen LogP contribution in [0.5, 0.6) is 0 Å². The Labute approximate surface area is 162 Å². The molecule has 6 heteroatoms. The molecule has 1 fully saturated rings. The molecular weight excluding hydrogens is 350 g/mol. The van der Waals surface area contributed by atoms with Gasteiger partial charge >= 0.3 is 0 Å². The van der Waals surface area contributed by atoms with Crippen LogP contribution in [0.3, 0.4) is 0 Å². The van der Waals surface area contributed by atoms with Crippen molar-refractivity contribution in [3.63, 3.8) is 0 Å². The van der Waals surface area contributed by atoms with Crippen LogP contribution in [0.4, 0.5) is 5.82 Å². The number of pyridine rings is 1. The summed E-state index contributed by atoms with van der Waals surface area (Å²) in [5.41, 5.74) is 10.4. The van der Waals surface area contributed by atoms with Gasteiger partial charge in [-0.2, -0.15) is 10.5 Å². The first-order valence-corrected chi connectivity index (χ1v) is 9.27. The lowest BCUT2D eigenvalue weighted by atomic mass is 9.90. The Bertz CT molecular complexity index is 1180. The molecule has 0 aliphatic carbocycles. The third-order valence-corrected chi connectivity index (χ3v) is 5.65. The largest absolute Gasteiger partial charge is 0.456 e. The van der Waals surface area contributed by atoms with Gasteiger partial charge in [-0.15, -0.1) is 0 Å². The van der Waals surface area contributed by atoms with Gasteiger partial charge < -0.3 is 15.5 Å². The summed E-state index contributed by atoms with van der Waals surface area (Å²) in [5, 5.41) is 22.8. The van der Waals surface area contributed by atoms with Gasteiger partial charge in [-0.05, 0) is 37.1 Å². The first-order chi connectivity index (χ1) is 13.7. The summed E-state index contributed by atoms with van der Waals surface area (Å²) < 4.78 is 6.15. The summed E-state index contributed by atoms with van der Waals surface area (Å²) in [6.07, 6.45) is 2.90. The second kappa shape index (κ2) is 6.23. The van der Waals surface area contributed by atoms with Gasteiger partial charge in [0, 0.05) is 40.9 Å². The lowest BCUT2D eigenvalue weighted by molar-refractivity contribution is 0.505. The van der Waals surface area contributed by atoms with E-state index in [4.69, 9.17) is 10.2 Å². The average Bonchev–Trinajstić information content (AvgIpc) is 3.34. The lowest BCUT2D eigenvalue weighted by Gasteiger charge is -2.26. The summed E-state index contributed by atoms with van der Waals surface area (Å²) in [6, 6.07) is 16.0. The highest BCUT2D eigenvalue weighted by molar-refractivity contribution is 5.79. The second-order valence-electron chi connectivity index (χ2n) is 7.24. The van der Waals surface area contributed by atoms with Crippen molar-refractivity contribution in [2.45, 2.75) is 31.3 Å². The van der Waals surface area contributed by atoms with Gasteiger partial charge in [-0.25, -0.2) is 4.98 Å². The van der Waals surface area contributed by atoms with Crippen LogP contribution in [0.1, 0.15) is 41.3 Å². The van der Waals surface area contributed by atoms with E-state index in [0.717, 1.165) is 41.6 Å². The first-order valence-electron chi connectivity index (χ1n) is 9.27. The van der Waals surface area contributed by atoms with Gasteiger partial charge in [0.05, 0.1) is 11.6 Å². The van der Waals surface area contributed by atoms with Crippen LogP contribution in [0.2, 0.25) is 0 Å². The molecule has 136 valence electrons. The zero-order valence-corrected chi connectivity index (χ0v) is 15.1. The van der Waals surface area contributed by atoms with Crippen molar-refractivity contribution in [1.82, 2.24) is 10.3 Å². The summed E-state index contributed by atoms with van der Waals surface area (Å²) in [5.74, 6) is 1.41. The first kappa shape index (κ1) is 16.6. The van der Waals surface area contributed by atoms with E-state index in [1.807, 2.05) is 30.3 Å². The highest BCUT2D eigenvalue weighted by Crippen LogP contribution is 2.44. The number of aromatic nitrogens is 1. The van der Waals surface area contributed by atoms with E-state index in [1.165, 1.54) is 0 Å². The molecule has 0 unspecified atom stereocenters. The number of rotatable bonds is 2. The molecule has 2 bridgehead atoms. The van der Waals surface area contributed by atoms with Gasteiger partial charge in [-0.1, -0.05) is 12.1 Å². The second-order valence-corrected chi connectivity index (χ2v) is 7.24. The smallest absolute Gasteiger partial charge is 0.142 e. The van der Waals surface area contributed by atoms with E-state index in [9.17, 15) is 10.5 Å². The van der Waals surface area contributed by atoms with Crippen molar-refractivity contribution >= 4 is 5.82 Å². The molecule has 3 aromatic rings. The lowest BCUT2D eigenvalue weighted by Crippen LogP contribution is -2.33. The maximum Gasteiger partial charge on any atom is 0.142 e. The number of fused-ring (bicyclic) bond motifs is 4. The Kier molecular flexibility index (Phi) is 3.68. The molecule has 5 rings (SSSR count). The Morgan fingerprint density at radius 1 is 1.07 bits per heavy atom. The Morgan fingerprint density at radius 3 is 2.71 bits per heavy atom. The molecule has 4 heterocycles. The molecule has 3 N–H and O–H groups in total. The minimum absolute atomic E-state index is 0.156. The Hall–Kier alpha value is -3.61. The van der Waals surface area contributed by atoms with E-state index in [2.05, 4.69) is 22.4 Å². The highest BCUT2D eigenvalue weighted by atomic mass is 16.3. The van der Waals surface area contributed by atoms with Crippen LogP contribution in [0.15, 0.2) is 40.8 Å². The molecule has 0 amide bonds. The number of nitriles is 2. The maximum atomic E-state index is 9.76. The van der Waals surface area contributed by atoms with Crippen molar-refractivity contribution in [3.05, 3.63) is 58.8 Å². The number of benzene rings is 1. The number of nitrogens with zero attached hydrogens (tertiary/aromatic N) is 3. The fourth-order valence-electron chi connectivity index (χ4n) is 4.42. The number of hydrogen-bond acceptors (Lipinski definition) is 6. The van der Waals surface area contributed by atoms with E-state index < -0.39 is 0 Å². The normalized spacial score (nSPS) is 19.6. The Balaban J connectivity index is 1.71. The van der Waals surface area contributed by atoms with Gasteiger partial charge in [-0.3, -0.25) is 0 Å². The number of nitrogens with two attached hydrogens (primary N) is 1. The fraction of sp³-hybridized carbons (Fsp3) is 0.227. The predicted molar refractivity (Wildman–Crippen MR) is 104 cm³/mol. The quantitative estimate of drug-likeness (QED) is 0.714. The summed E-state index contributed by atoms with van der Waals surface area (Å²) >= 11 is 0. The molecule has 0 saturated carbocycles. The minimum Gasteiger partial charge on any atom is -0.456 e. The molecule has 2 aliphatic rings. The SMILES string of the molecule is N#Cc1ccccc1-c1ccc(-c2c(C#N)c(N)nc3c2[C@H]2CC[C@@H](C3)N2)o1. The molecule has 0 radical (unpaired) electrons. The van der Waals surface area contributed by atoms with Crippen LogP contribution in [-0.4, -0.2) is 11.0 Å². The molecular formula is C22H17N5O. The van der Waals surface area contributed by atoms with E-state index in [1.54, 1.807) is 6.07 Å². The number of nitrogen functional groups attached to an aromatic ring is 1. The van der Waals surface area contributed by atoms with Crippen molar-refractivity contribution < 1.29 is 4.42 Å². The van der Waals surface area contributed by atoms with E-state index in [-0.39, 0.29) is 11.9 Å². The summed E-state index contributed by atoms with van der Waals surface area (Å²) in [7, 11) is 0. The van der Waals surface area contributed by atoms with Crippen LogP contribution in [0, 0.1) is 22.7 Å². The van der Waals surface area contributed by atoms with Crippen molar-refractivity contribution in [2.75, 3.05) is 5.73 Å². The summed E-state index contributed by atoms with van der Waals surface area (Å²) in [4.78, 5) is 4.53. The molecule has 6 nitrogen and oxygen atoms in total. The molecule has 2 atom stereocenters. The van der Waals surface area contributed by atoms with Gasteiger partial charge in [0.25, 0.3) is 0 Å². The molecule has 0 spiro atoms. The zero-order valence-electron chi connectivity index (χ0n) is 15.1. The monoisotopic (exact) mass is 367 g/mol. The standard InChI is InChI=1S/C22H17N5O/c23-10-12-3-1-2-4-14(12)18-7-8-19(28-18)20-15(11-24)22(25)27-17-9-13-5-6-16(26-13)21(17)20/h1-4,7-8,13,16,26H,5-6,9H2,(H2,25,27)/t13-,16+/m0/s1. The molecule has 1 aromatic carbocycles. The molecule has 28 heavy (non-hydrogen) atoms. The highest BCUT2D eigenvalue weighted by Gasteiger charge is 2.37. The average molecular weight is 367 g/mol. The van der Waals surface area contributed by atoms with Crippen LogP contribution >= 0.6 is 0 Å². The third kappa shape index (κ3) is 2.40. The Morgan fingerprint density at radius 2 is 1.89 bits per heavy atom. The number of furan rings is 1. The summed E-state index contributed by atoms with van der Waals surface area (Å²) in [6.45, 7) is 0. The van der Waals surface area contributed by atoms with E-state index >= 15 is 0 Å². The van der Waals surface area contributed by atoms with Crippen molar-refractivity contribution in [3.8, 4) is 34.8 Å². The van der Waals surface area contributed by atoms with Gasteiger partial charge in [0.1, 0.15) is 29.0 Å². The molecule has 2 aromatic heterocycles. The maximum absolute atomic E-state index is 9.76. The number of anilines is 1. The molecule has 1 saturated heterocycles. The van der Waals surface area contributed by atoms with Gasteiger partial charge in [0.15, 0.2) is 0 Å². The zero-order chi connectivity index (χ0) is 19.3. The number of nitrogens with one attached hydrogen (secondary N) is 1. The number of hydrogen-bond donors (Lipinski definition) is 2. The third-order valence-electron chi connectivity index (χ3n) is 5.65. The van der Waals surface area contributed by atoms with Crippen LogP contribution in [0.25, 0.3) is 22.6 Å². The van der Waals surface area contributed by atoms with Crippen LogP contribution in [-0.2, 0) is 6.42 Å². The van der Waals surface area contributed by atoms with Gasteiger partial charge in [0.2, 0.25) is 0 Å². The topological polar surface area (TPSA) is 112 Å². The predicted octanol–water partition coefficient (Wildman–Crippen LogP) is 3.68. The minimum atomic E-state index is 0.156. The molecule has 2 aliphatic heterocycles. The van der Waals surface area contributed by atoms with Crippen molar-refractivity contribution in [2.24, 2.45) is 0 Å².